The highest BCUT2D eigenvalue weighted by molar-refractivity contribution is 6.40. The first kappa shape index (κ1) is 117. The molecule has 0 radical (unpaired) electrons. The van der Waals surface area contributed by atoms with E-state index >= 15 is 14.4 Å². The molecule has 44 heteroatoms. The normalized spacial score (nSPS) is 14.8. The lowest BCUT2D eigenvalue weighted by Gasteiger charge is -2.29. The van der Waals surface area contributed by atoms with Gasteiger partial charge in [-0.15, -0.1) is 0 Å². The van der Waals surface area contributed by atoms with Crippen molar-refractivity contribution >= 4 is 141 Å². The summed E-state index contributed by atoms with van der Waals surface area (Å²) in [5, 5.41) is 32.2. The number of anilines is 2. The minimum absolute atomic E-state index is 0.0460. The molecule has 0 saturated carbocycles. The van der Waals surface area contributed by atoms with Gasteiger partial charge in [-0.1, -0.05) is 47.5 Å². The second kappa shape index (κ2) is 48.8. The fourth-order valence-electron chi connectivity index (χ4n) is 14.5. The Balaban J connectivity index is 1.22. The van der Waals surface area contributed by atoms with Gasteiger partial charge < -0.3 is 100.0 Å². The van der Waals surface area contributed by atoms with Gasteiger partial charge in [0, 0.05) is 88.5 Å². The summed E-state index contributed by atoms with van der Waals surface area (Å²) < 4.78 is 47.2. The molecular formula is C96H139Cl2N15O27. The molecule has 0 unspecified atom stereocenters. The minimum Gasteiger partial charge on any atom is -0.480 e. The molecule has 4 heterocycles. The molecule has 0 bridgehead atoms. The van der Waals surface area contributed by atoms with Gasteiger partial charge in [0.1, 0.15) is 87.1 Å². The number of amides is 9. The largest absolute Gasteiger partial charge is 0.480 e. The highest BCUT2D eigenvalue weighted by atomic mass is 35.5. The molecule has 10 N–H and O–H groups in total. The Kier molecular flexibility index (Phi) is 40.6. The zero-order valence-electron chi connectivity index (χ0n) is 84.9. The number of aliphatic carboxylic acids is 1. The van der Waals surface area contributed by atoms with Crippen molar-refractivity contribution in [1.82, 2.24) is 66.1 Å². The van der Waals surface area contributed by atoms with Crippen molar-refractivity contribution in [2.45, 2.75) is 350 Å². The fourth-order valence-corrected chi connectivity index (χ4v) is 15.0. The van der Waals surface area contributed by atoms with Gasteiger partial charge in [-0.3, -0.25) is 91.3 Å². The number of ether oxygens (including phenoxy) is 8. The van der Waals surface area contributed by atoms with Gasteiger partial charge in [-0.2, -0.15) is 0 Å². The summed E-state index contributed by atoms with van der Waals surface area (Å²) in [6, 6.07) is -4.86. The van der Waals surface area contributed by atoms with E-state index in [9.17, 15) is 77.0 Å². The highest BCUT2D eigenvalue weighted by Gasteiger charge is 2.42. The maximum Gasteiger partial charge on any atom is 0.326 e. The van der Waals surface area contributed by atoms with Gasteiger partial charge in [0.05, 0.1) is 77.8 Å². The first-order chi connectivity index (χ1) is 64.3. The summed E-state index contributed by atoms with van der Waals surface area (Å²) in [4.78, 5) is 266. The second-order valence-electron chi connectivity index (χ2n) is 42.2. The van der Waals surface area contributed by atoms with Gasteiger partial charge in [0.15, 0.2) is 11.6 Å². The number of hydrogen-bond acceptors (Lipinski definition) is 30. The second-order valence-corrected chi connectivity index (χ2v) is 43.0. The lowest BCUT2D eigenvalue weighted by molar-refractivity contribution is -0.160. The Labute approximate surface area is 825 Å². The van der Waals surface area contributed by atoms with E-state index in [1.807, 2.05) is 25.7 Å². The monoisotopic (exact) mass is 2000 g/mol. The van der Waals surface area contributed by atoms with Crippen LogP contribution in [0.3, 0.4) is 0 Å². The summed E-state index contributed by atoms with van der Waals surface area (Å²) in [5.74, 6) is -20.2. The van der Waals surface area contributed by atoms with E-state index < -0.39 is 233 Å². The molecule has 6 rings (SSSR count). The van der Waals surface area contributed by atoms with Gasteiger partial charge in [-0.25, -0.2) is 14.8 Å². The first-order valence-electron chi connectivity index (χ1n) is 46.1. The number of aromatic nitrogens is 4. The van der Waals surface area contributed by atoms with Crippen molar-refractivity contribution in [3.63, 3.8) is 0 Å². The Morgan fingerprint density at radius 3 is 0.836 bits per heavy atom. The Morgan fingerprint density at radius 2 is 0.579 bits per heavy atom. The standard InChI is InChI=1S/C96H139Cl2N15O27/c1-89(2,3)133-68(115)36-30-40-113-42-38-66-64(51-113)101-79(111(66)26)87(130)103-55-34-28-32-53(77(55)98)52-31-27-33-54(76(52)97)102-86(129)78-100-63-50-112(41-37-65(63)110(78)25)39-29-35-67(114)99-56(43-69(116)134-90(4,5)6)80(123)104-57(44-70(117)135-91(7,8)9)81(124)105-58(45-71(118)136-92(10,11)12)82(125)106-59(46-72(119)137-93(13,14)15)83(126)107-60(47-73(120)138-94(16,17)18)84(127)108-61(48-74(121)139-95(19,20)21)85(128)109-62(88(131)132)49-75(122)140-96(22,23)24/h27-28,31-34,56-62H,29-30,35-51H2,1-26H3,(H,99,114)(H,102,129)(H,103,130)(H,104,123)(H,105,124)(H,106,125)(H,107,126)(H,108,127)(H,109,128)(H,131,132)/t56-,57-,58-,59-,60-,61-,62-/m0/s1. The third kappa shape index (κ3) is 39.8. The first-order valence-corrected chi connectivity index (χ1v) is 46.9. The van der Waals surface area contributed by atoms with E-state index in [1.54, 1.807) is 59.6 Å². The van der Waals surface area contributed by atoms with Crippen LogP contribution in [0.5, 0.6) is 0 Å². The number of nitrogens with zero attached hydrogens (tertiary/aromatic N) is 6. The molecule has 0 saturated heterocycles. The minimum atomic E-state index is -2.26. The molecule has 774 valence electrons. The van der Waals surface area contributed by atoms with Crippen LogP contribution < -0.4 is 47.9 Å². The van der Waals surface area contributed by atoms with E-state index in [-0.39, 0.29) is 71.4 Å². The van der Waals surface area contributed by atoms with E-state index in [0.29, 0.717) is 62.3 Å². The van der Waals surface area contributed by atoms with Crippen molar-refractivity contribution in [3.8, 4) is 11.1 Å². The number of fused-ring (bicyclic) bond motifs is 2. The molecule has 0 aliphatic carbocycles. The van der Waals surface area contributed by atoms with Gasteiger partial charge in [0.2, 0.25) is 41.4 Å². The van der Waals surface area contributed by atoms with Crippen LogP contribution >= 0.6 is 23.2 Å². The fraction of sp³-hybridized carbons (Fsp3) is 0.625. The van der Waals surface area contributed by atoms with Crippen LogP contribution in [-0.2, 0) is 155 Å². The van der Waals surface area contributed by atoms with Crippen LogP contribution in [0.25, 0.3) is 11.1 Å². The smallest absolute Gasteiger partial charge is 0.326 e. The predicted molar refractivity (Wildman–Crippen MR) is 511 cm³/mol. The Hall–Kier alpha value is -12.2. The van der Waals surface area contributed by atoms with Crippen LogP contribution in [0.4, 0.5) is 11.4 Å². The Morgan fingerprint density at radius 1 is 0.343 bits per heavy atom. The van der Waals surface area contributed by atoms with Crippen LogP contribution in [0.15, 0.2) is 36.4 Å². The van der Waals surface area contributed by atoms with Gasteiger partial charge >= 0.3 is 53.7 Å². The summed E-state index contributed by atoms with van der Waals surface area (Å²) in [6.07, 6.45) is -5.57. The van der Waals surface area contributed by atoms with E-state index in [4.69, 9.17) is 71.1 Å². The molecule has 7 atom stereocenters. The quantitative estimate of drug-likeness (QED) is 0.0149. The number of imidazole rings is 2. The van der Waals surface area contributed by atoms with Gasteiger partial charge in [0.25, 0.3) is 11.8 Å². The number of esters is 8. The summed E-state index contributed by atoms with van der Waals surface area (Å²) in [6.45, 7) is 39.2. The molecule has 140 heavy (non-hydrogen) atoms. The van der Waals surface area contributed by atoms with E-state index in [0.717, 1.165) is 17.1 Å². The summed E-state index contributed by atoms with van der Waals surface area (Å²) in [7, 11) is 3.47. The maximum atomic E-state index is 15.1. The molecule has 9 amide bonds. The van der Waals surface area contributed by atoms with Crippen LogP contribution in [0.2, 0.25) is 10.0 Å². The van der Waals surface area contributed by atoms with Crippen molar-refractivity contribution < 1.29 is 129 Å². The van der Waals surface area contributed by atoms with Crippen molar-refractivity contribution in [1.29, 1.82) is 0 Å². The number of carbonyl (C=O) groups excluding carboxylic acids is 17. The lowest BCUT2D eigenvalue weighted by atomic mass is 10.0. The number of nitrogens with one attached hydrogen (secondary N) is 9. The van der Waals surface area contributed by atoms with Crippen molar-refractivity contribution in [2.75, 3.05) is 36.8 Å². The summed E-state index contributed by atoms with van der Waals surface area (Å²) >= 11 is 14.2. The summed E-state index contributed by atoms with van der Waals surface area (Å²) in [5.41, 5.74) is -4.86. The SMILES string of the molecule is Cn1c(C(=O)Nc2cccc(-c3cccc(NC(=O)c4nc5c(n4C)CCN(CCCC(=O)OC(C)(C)C)C5)c3Cl)c2Cl)nc2c1CCN(CCCC(=O)N[C@@H](CC(=O)OC(C)(C)C)C(=O)N[C@@H](CC(=O)OC(C)(C)C)C(=O)N[C@@H](CC(=O)OC(C)(C)C)C(=O)N[C@@H](CC(=O)OC(C)(C)C)C(=O)N[C@@H](CC(=O)OC(C)(C)C)C(=O)N[C@@H](CC(=O)OC(C)(C)C)C(=O)N[C@@H](CC(=O)OC(C)(C)C)C(=O)O)C2. The number of carboxylic acid groups (broad SMARTS) is 1. The number of carbonyl (C=O) groups is 18. The molecular weight excluding hydrogens is 1870 g/mol. The molecule has 0 fully saturated rings. The third-order valence-electron chi connectivity index (χ3n) is 20.0. The van der Waals surface area contributed by atoms with E-state index in [1.165, 1.54) is 145 Å². The zero-order valence-corrected chi connectivity index (χ0v) is 86.5. The molecule has 2 aliphatic heterocycles. The average molecular weight is 2010 g/mol. The van der Waals surface area contributed by atoms with Crippen molar-refractivity contribution in [3.05, 3.63) is 80.9 Å². The predicted octanol–water partition coefficient (Wildman–Crippen LogP) is 7.85. The van der Waals surface area contributed by atoms with Crippen LogP contribution in [0, 0.1) is 0 Å². The average Bonchev–Trinajstić information content (AvgIpc) is 1.54. The van der Waals surface area contributed by atoms with E-state index in [2.05, 4.69) is 52.8 Å². The molecule has 4 aromatic rings. The molecule has 2 aliphatic rings. The number of halogens is 2. The molecule has 0 spiro atoms. The number of benzene rings is 2. The highest BCUT2D eigenvalue weighted by Crippen LogP contribution is 2.41. The van der Waals surface area contributed by atoms with Crippen LogP contribution in [0.1, 0.15) is 281 Å². The number of carboxylic acids is 1. The van der Waals surface area contributed by atoms with Gasteiger partial charge in [-0.05, 0) is 204 Å². The number of hydrogen-bond donors (Lipinski definition) is 10. The lowest BCUT2D eigenvalue weighted by Crippen LogP contribution is -2.61. The topological polar surface area (TPSA) is 552 Å². The van der Waals surface area contributed by atoms with Crippen LogP contribution in [-0.4, -0.2) is 254 Å². The molecule has 2 aromatic carbocycles. The Bertz CT molecular complexity index is 5260. The number of rotatable bonds is 41. The zero-order chi connectivity index (χ0) is 106. The maximum absolute atomic E-state index is 15.1. The molecule has 42 nitrogen and oxygen atoms in total. The third-order valence-corrected chi connectivity index (χ3v) is 20.8. The van der Waals surface area contributed by atoms with Crippen molar-refractivity contribution in [2.24, 2.45) is 14.1 Å². The molecule has 2 aromatic heterocycles.